The third-order valence-electron chi connectivity index (χ3n) is 3.45. The van der Waals surface area contributed by atoms with Crippen molar-refractivity contribution >= 4 is 17.3 Å². The van der Waals surface area contributed by atoms with Crippen LogP contribution in [0.4, 0.5) is 15.8 Å². The quantitative estimate of drug-likeness (QED) is 0.724. The van der Waals surface area contributed by atoms with Gasteiger partial charge in [0.25, 0.3) is 0 Å². The smallest absolute Gasteiger partial charge is 0.225 e. The number of rotatable bonds is 4. The molecule has 1 saturated heterocycles. The van der Waals surface area contributed by atoms with Crippen molar-refractivity contribution in [3.8, 4) is 0 Å². The molecule has 1 aromatic carbocycles. The van der Waals surface area contributed by atoms with Crippen LogP contribution in [-0.4, -0.2) is 41.1 Å². The fourth-order valence-corrected chi connectivity index (χ4v) is 2.34. The molecule has 0 saturated carbocycles. The van der Waals surface area contributed by atoms with E-state index in [0.717, 1.165) is 6.54 Å². The van der Waals surface area contributed by atoms with Crippen LogP contribution in [0.1, 0.15) is 19.8 Å². The Balaban J connectivity index is 1.83. The van der Waals surface area contributed by atoms with Crippen LogP contribution in [0.3, 0.4) is 0 Å². The standard InChI is InChI=1S/C14H20FN3O2/c1-14(20)5-7-18(9-14)6-4-13(19)17-12-8-10(16)2-3-11(12)15/h2-3,8,20H,4-7,9,16H2,1H3,(H,17,19). The summed E-state index contributed by atoms with van der Waals surface area (Å²) in [6, 6.07) is 4.06. The van der Waals surface area contributed by atoms with Gasteiger partial charge in [-0.3, -0.25) is 9.69 Å². The maximum Gasteiger partial charge on any atom is 0.225 e. The van der Waals surface area contributed by atoms with Crippen molar-refractivity contribution < 1.29 is 14.3 Å². The Hall–Kier alpha value is -1.66. The molecule has 20 heavy (non-hydrogen) atoms. The van der Waals surface area contributed by atoms with Crippen LogP contribution in [0.2, 0.25) is 0 Å². The monoisotopic (exact) mass is 281 g/mol. The minimum Gasteiger partial charge on any atom is -0.399 e. The molecule has 2 rings (SSSR count). The predicted octanol–water partition coefficient (Wildman–Crippen LogP) is 1.19. The number of nitrogens with two attached hydrogens (primary N) is 1. The van der Waals surface area contributed by atoms with E-state index < -0.39 is 11.4 Å². The van der Waals surface area contributed by atoms with Crippen LogP contribution in [0.15, 0.2) is 18.2 Å². The fraction of sp³-hybridized carbons (Fsp3) is 0.500. The van der Waals surface area contributed by atoms with Crippen LogP contribution in [-0.2, 0) is 4.79 Å². The topological polar surface area (TPSA) is 78.6 Å². The number of benzene rings is 1. The van der Waals surface area contributed by atoms with Gasteiger partial charge >= 0.3 is 0 Å². The van der Waals surface area contributed by atoms with E-state index in [4.69, 9.17) is 5.73 Å². The van der Waals surface area contributed by atoms with Crippen molar-refractivity contribution in [3.05, 3.63) is 24.0 Å². The highest BCUT2D eigenvalue weighted by atomic mass is 19.1. The number of carbonyl (C=O) groups is 1. The van der Waals surface area contributed by atoms with Gasteiger partial charge in [0.2, 0.25) is 5.91 Å². The van der Waals surface area contributed by atoms with Gasteiger partial charge in [-0.15, -0.1) is 0 Å². The highest BCUT2D eigenvalue weighted by molar-refractivity contribution is 5.91. The summed E-state index contributed by atoms with van der Waals surface area (Å²) < 4.78 is 13.5. The highest BCUT2D eigenvalue weighted by Crippen LogP contribution is 2.21. The second-order valence-electron chi connectivity index (χ2n) is 5.56. The Bertz CT molecular complexity index is 505. The summed E-state index contributed by atoms with van der Waals surface area (Å²) in [5, 5.41) is 12.3. The van der Waals surface area contributed by atoms with Gasteiger partial charge in [-0.2, -0.15) is 0 Å². The first-order valence-electron chi connectivity index (χ1n) is 6.65. The number of aliphatic hydroxyl groups is 1. The van der Waals surface area contributed by atoms with Crippen molar-refractivity contribution in [1.82, 2.24) is 4.90 Å². The number of nitrogens with zero attached hydrogens (tertiary/aromatic N) is 1. The maximum absolute atomic E-state index is 13.5. The van der Waals surface area contributed by atoms with Gasteiger partial charge in [0.05, 0.1) is 11.3 Å². The lowest BCUT2D eigenvalue weighted by Gasteiger charge is -2.18. The first-order chi connectivity index (χ1) is 9.35. The van der Waals surface area contributed by atoms with Crippen LogP contribution in [0, 0.1) is 5.82 Å². The van der Waals surface area contributed by atoms with Gasteiger partial charge < -0.3 is 16.2 Å². The van der Waals surface area contributed by atoms with Crippen molar-refractivity contribution in [2.24, 2.45) is 0 Å². The van der Waals surface area contributed by atoms with Crippen LogP contribution in [0.25, 0.3) is 0 Å². The molecule has 6 heteroatoms. The molecular weight excluding hydrogens is 261 g/mol. The number of halogens is 1. The van der Waals surface area contributed by atoms with Crippen LogP contribution >= 0.6 is 0 Å². The van der Waals surface area contributed by atoms with Crippen LogP contribution < -0.4 is 11.1 Å². The number of nitrogens with one attached hydrogen (secondary N) is 1. The molecule has 0 bridgehead atoms. The zero-order valence-electron chi connectivity index (χ0n) is 11.5. The van der Waals surface area contributed by atoms with Gasteiger partial charge in [0.15, 0.2) is 0 Å². The van der Waals surface area contributed by atoms with Crippen LogP contribution in [0.5, 0.6) is 0 Å². The van der Waals surface area contributed by atoms with Crippen molar-refractivity contribution in [1.29, 1.82) is 0 Å². The number of nitrogen functional groups attached to an aromatic ring is 1. The Morgan fingerprint density at radius 2 is 2.35 bits per heavy atom. The van der Waals surface area contributed by atoms with E-state index in [1.807, 2.05) is 4.90 Å². The van der Waals surface area contributed by atoms with Gasteiger partial charge in [-0.1, -0.05) is 0 Å². The Labute approximate surface area is 117 Å². The molecule has 0 aromatic heterocycles. The number of amides is 1. The Morgan fingerprint density at radius 3 is 3.00 bits per heavy atom. The summed E-state index contributed by atoms with van der Waals surface area (Å²) in [6.45, 7) is 3.67. The van der Waals surface area contributed by atoms with E-state index in [-0.39, 0.29) is 18.0 Å². The molecular formula is C14H20FN3O2. The Morgan fingerprint density at radius 1 is 1.60 bits per heavy atom. The molecule has 1 aromatic rings. The van der Waals surface area contributed by atoms with Gasteiger partial charge in [-0.05, 0) is 31.5 Å². The number of β-amino-alcohol motifs (C(OH)–C–C–N with tert-alkyl or cyclic N) is 1. The summed E-state index contributed by atoms with van der Waals surface area (Å²) in [5.41, 5.74) is 5.38. The number of carbonyl (C=O) groups excluding carboxylic acids is 1. The summed E-state index contributed by atoms with van der Waals surface area (Å²) in [7, 11) is 0. The number of likely N-dealkylation sites (tertiary alicyclic amines) is 1. The number of hydrogen-bond donors (Lipinski definition) is 3. The minimum atomic E-state index is -0.670. The van der Waals surface area contributed by atoms with Gasteiger partial charge in [-0.25, -0.2) is 4.39 Å². The summed E-state index contributed by atoms with van der Waals surface area (Å²) in [6.07, 6.45) is 0.961. The van der Waals surface area contributed by atoms with Gasteiger partial charge in [0.1, 0.15) is 5.82 Å². The SMILES string of the molecule is CC1(O)CCN(CCC(=O)Nc2cc(N)ccc2F)C1. The zero-order valence-corrected chi connectivity index (χ0v) is 11.5. The molecule has 0 aliphatic carbocycles. The lowest BCUT2D eigenvalue weighted by atomic mass is 10.1. The van der Waals surface area contributed by atoms with Crippen molar-refractivity contribution in [3.63, 3.8) is 0 Å². The molecule has 1 aliphatic rings. The zero-order chi connectivity index (χ0) is 14.8. The maximum atomic E-state index is 13.5. The second-order valence-corrected chi connectivity index (χ2v) is 5.56. The molecule has 1 heterocycles. The molecule has 1 atom stereocenters. The predicted molar refractivity (Wildman–Crippen MR) is 75.7 cm³/mol. The highest BCUT2D eigenvalue weighted by Gasteiger charge is 2.31. The lowest BCUT2D eigenvalue weighted by Crippen LogP contribution is -2.31. The van der Waals surface area contributed by atoms with Gasteiger partial charge in [0, 0.05) is 31.7 Å². The normalized spacial score (nSPS) is 22.9. The average Bonchev–Trinajstić information content (AvgIpc) is 2.71. The largest absolute Gasteiger partial charge is 0.399 e. The van der Waals surface area contributed by atoms with E-state index in [1.54, 1.807) is 6.92 Å². The van der Waals surface area contributed by atoms with E-state index in [2.05, 4.69) is 5.32 Å². The summed E-state index contributed by atoms with van der Waals surface area (Å²) >= 11 is 0. The molecule has 110 valence electrons. The van der Waals surface area contributed by atoms with E-state index in [9.17, 15) is 14.3 Å². The fourth-order valence-electron chi connectivity index (χ4n) is 2.34. The average molecular weight is 281 g/mol. The second kappa shape index (κ2) is 5.76. The molecule has 4 N–H and O–H groups in total. The third-order valence-corrected chi connectivity index (χ3v) is 3.45. The molecule has 1 aliphatic heterocycles. The third kappa shape index (κ3) is 3.91. The molecule has 1 amide bonds. The number of hydrogen-bond acceptors (Lipinski definition) is 4. The summed E-state index contributed by atoms with van der Waals surface area (Å²) in [5.74, 6) is -0.766. The van der Waals surface area contributed by atoms with Crippen molar-refractivity contribution in [2.75, 3.05) is 30.7 Å². The van der Waals surface area contributed by atoms with E-state index >= 15 is 0 Å². The molecule has 0 spiro atoms. The molecule has 5 nitrogen and oxygen atoms in total. The molecule has 1 unspecified atom stereocenters. The summed E-state index contributed by atoms with van der Waals surface area (Å²) in [4.78, 5) is 13.8. The van der Waals surface area contributed by atoms with E-state index in [1.165, 1.54) is 18.2 Å². The number of anilines is 2. The lowest BCUT2D eigenvalue weighted by molar-refractivity contribution is -0.116. The van der Waals surface area contributed by atoms with Crippen molar-refractivity contribution in [2.45, 2.75) is 25.4 Å². The molecule has 1 fully saturated rings. The minimum absolute atomic E-state index is 0.100. The Kier molecular flexibility index (Phi) is 4.25. The first-order valence-corrected chi connectivity index (χ1v) is 6.65. The van der Waals surface area contributed by atoms with E-state index in [0.29, 0.717) is 25.2 Å². The molecule has 0 radical (unpaired) electrons. The first kappa shape index (κ1) is 14.7.